The zero-order valence-electron chi connectivity index (χ0n) is 13.9. The summed E-state index contributed by atoms with van der Waals surface area (Å²) < 4.78 is 7.20. The van der Waals surface area contributed by atoms with Gasteiger partial charge in [-0.15, -0.1) is 0 Å². The van der Waals surface area contributed by atoms with Gasteiger partial charge in [-0.3, -0.25) is 9.48 Å². The number of hydrogen-bond acceptors (Lipinski definition) is 4. The fourth-order valence-corrected chi connectivity index (χ4v) is 3.43. The van der Waals surface area contributed by atoms with Crippen molar-refractivity contribution in [3.8, 4) is 0 Å². The van der Waals surface area contributed by atoms with Gasteiger partial charge in [0.15, 0.2) is 5.78 Å². The van der Waals surface area contributed by atoms with Crippen LogP contribution in [-0.4, -0.2) is 41.9 Å². The van der Waals surface area contributed by atoms with Gasteiger partial charge in [-0.05, 0) is 36.6 Å². The number of allylic oxidation sites excluding steroid dienone is 1. The van der Waals surface area contributed by atoms with E-state index in [1.807, 2.05) is 13.1 Å². The molecule has 2 aromatic rings. The smallest absolute Gasteiger partial charge is 0.192 e. The second-order valence-corrected chi connectivity index (χ2v) is 6.32. The van der Waals surface area contributed by atoms with E-state index in [4.69, 9.17) is 4.74 Å². The van der Waals surface area contributed by atoms with Gasteiger partial charge in [0, 0.05) is 37.1 Å². The molecule has 1 aromatic heterocycles. The number of aromatic nitrogens is 2. The normalized spacial score (nSPS) is 19.6. The molecule has 2 heterocycles. The van der Waals surface area contributed by atoms with Crippen molar-refractivity contribution in [2.24, 2.45) is 7.05 Å². The number of hydrogen-bond donors (Lipinski definition) is 0. The summed E-state index contributed by atoms with van der Waals surface area (Å²) in [6.07, 6.45) is 5.35. The minimum absolute atomic E-state index is 0.113. The van der Waals surface area contributed by atoms with Crippen molar-refractivity contribution in [2.45, 2.75) is 12.8 Å². The first-order valence-corrected chi connectivity index (χ1v) is 8.41. The number of Topliss-reactive ketones (excluding diaryl/α,β-unsaturated/α-hetero) is 1. The molecule has 0 unspecified atom stereocenters. The van der Waals surface area contributed by atoms with E-state index < -0.39 is 0 Å². The standard InChI is InChI=1S/C19H21N3O2/c1-21-18-7-4-15(19(23)17(18)13-20-21)12-14-2-5-16(6-3-14)22-8-10-24-11-9-22/h2-3,5-6,12-13H,4,7-11H2,1H3/b15-12-. The molecule has 1 aliphatic carbocycles. The van der Waals surface area contributed by atoms with Crippen LogP contribution in [0, 0.1) is 0 Å². The summed E-state index contributed by atoms with van der Waals surface area (Å²) in [5.41, 5.74) is 4.95. The van der Waals surface area contributed by atoms with Crippen LogP contribution in [0.5, 0.6) is 0 Å². The highest BCUT2D eigenvalue weighted by atomic mass is 16.5. The number of carbonyl (C=O) groups excluding carboxylic acids is 1. The number of fused-ring (bicyclic) bond motifs is 1. The molecule has 0 radical (unpaired) electrons. The van der Waals surface area contributed by atoms with Crippen molar-refractivity contribution in [3.05, 3.63) is 52.9 Å². The van der Waals surface area contributed by atoms with E-state index in [0.29, 0.717) is 0 Å². The summed E-state index contributed by atoms with van der Waals surface area (Å²) in [7, 11) is 1.89. The Morgan fingerprint density at radius 2 is 1.88 bits per heavy atom. The molecule has 0 atom stereocenters. The Hall–Kier alpha value is -2.40. The quantitative estimate of drug-likeness (QED) is 0.797. The second kappa shape index (κ2) is 6.24. The topological polar surface area (TPSA) is 47.4 Å². The molecule has 1 saturated heterocycles. The number of benzene rings is 1. The minimum atomic E-state index is 0.113. The molecule has 1 aromatic carbocycles. The van der Waals surface area contributed by atoms with Gasteiger partial charge in [0.05, 0.1) is 25.0 Å². The summed E-state index contributed by atoms with van der Waals surface area (Å²) in [6, 6.07) is 8.43. The predicted molar refractivity (Wildman–Crippen MR) is 93.3 cm³/mol. The van der Waals surface area contributed by atoms with Crippen LogP contribution in [0.3, 0.4) is 0 Å². The number of ketones is 1. The third-order valence-corrected chi connectivity index (χ3v) is 4.84. The molecule has 1 aliphatic heterocycles. The van der Waals surface area contributed by atoms with Gasteiger partial charge in [0.2, 0.25) is 0 Å². The molecule has 1 fully saturated rings. The van der Waals surface area contributed by atoms with E-state index in [9.17, 15) is 4.79 Å². The van der Waals surface area contributed by atoms with Crippen LogP contribution in [0.25, 0.3) is 6.08 Å². The van der Waals surface area contributed by atoms with Crippen LogP contribution < -0.4 is 4.90 Å². The number of rotatable bonds is 2. The van der Waals surface area contributed by atoms with Crippen molar-refractivity contribution in [3.63, 3.8) is 0 Å². The summed E-state index contributed by atoms with van der Waals surface area (Å²) in [4.78, 5) is 14.9. The van der Waals surface area contributed by atoms with Gasteiger partial charge in [-0.1, -0.05) is 12.1 Å². The Morgan fingerprint density at radius 3 is 2.62 bits per heavy atom. The predicted octanol–water partition coefficient (Wildman–Crippen LogP) is 2.47. The maximum atomic E-state index is 12.6. The minimum Gasteiger partial charge on any atom is -0.378 e. The van der Waals surface area contributed by atoms with Crippen molar-refractivity contribution < 1.29 is 9.53 Å². The lowest BCUT2D eigenvalue weighted by Crippen LogP contribution is -2.36. The molecule has 0 bridgehead atoms. The van der Waals surface area contributed by atoms with Gasteiger partial charge < -0.3 is 9.64 Å². The van der Waals surface area contributed by atoms with Crippen LogP contribution in [0.4, 0.5) is 5.69 Å². The average molecular weight is 323 g/mol. The Bertz CT molecular complexity index is 783. The highest BCUT2D eigenvalue weighted by molar-refractivity contribution is 6.12. The van der Waals surface area contributed by atoms with E-state index in [-0.39, 0.29) is 5.78 Å². The zero-order chi connectivity index (χ0) is 16.5. The molecule has 4 rings (SSSR count). The second-order valence-electron chi connectivity index (χ2n) is 6.32. The fraction of sp³-hybridized carbons (Fsp3) is 0.368. The van der Waals surface area contributed by atoms with Crippen LogP contribution in [0.1, 0.15) is 28.0 Å². The largest absolute Gasteiger partial charge is 0.378 e. The summed E-state index contributed by atoms with van der Waals surface area (Å²) in [5, 5.41) is 4.21. The summed E-state index contributed by atoms with van der Waals surface area (Å²) >= 11 is 0. The Morgan fingerprint density at radius 1 is 1.12 bits per heavy atom. The van der Waals surface area contributed by atoms with E-state index in [1.165, 1.54) is 5.69 Å². The van der Waals surface area contributed by atoms with Gasteiger partial charge in [0.25, 0.3) is 0 Å². The number of aryl methyl sites for hydroxylation is 1. The maximum absolute atomic E-state index is 12.6. The number of nitrogens with zero attached hydrogens (tertiary/aromatic N) is 3. The number of anilines is 1. The van der Waals surface area contributed by atoms with E-state index >= 15 is 0 Å². The van der Waals surface area contributed by atoms with Gasteiger partial charge in [-0.2, -0.15) is 5.10 Å². The first kappa shape index (κ1) is 15.1. The fourth-order valence-electron chi connectivity index (χ4n) is 3.43. The van der Waals surface area contributed by atoms with Gasteiger partial charge in [-0.25, -0.2) is 0 Å². The Labute approximate surface area is 141 Å². The molecule has 2 aliphatic rings. The van der Waals surface area contributed by atoms with Crippen LogP contribution in [0.2, 0.25) is 0 Å². The van der Waals surface area contributed by atoms with E-state index in [1.54, 1.807) is 10.9 Å². The molecule has 5 nitrogen and oxygen atoms in total. The summed E-state index contributed by atoms with van der Waals surface area (Å²) in [5.74, 6) is 0.113. The van der Waals surface area contributed by atoms with E-state index in [0.717, 1.165) is 61.5 Å². The van der Waals surface area contributed by atoms with Crippen molar-refractivity contribution >= 4 is 17.5 Å². The highest BCUT2D eigenvalue weighted by Crippen LogP contribution is 2.26. The molecule has 0 saturated carbocycles. The van der Waals surface area contributed by atoms with Crippen molar-refractivity contribution in [1.82, 2.24) is 9.78 Å². The lowest BCUT2D eigenvalue weighted by atomic mass is 9.90. The molecule has 0 amide bonds. The van der Waals surface area contributed by atoms with Crippen molar-refractivity contribution in [1.29, 1.82) is 0 Å². The molecule has 5 heteroatoms. The SMILES string of the molecule is Cn1ncc2c1CC/C(=C/c1ccc(N3CCOCC3)cc1)C2=O. The molecular formula is C19H21N3O2. The molecule has 24 heavy (non-hydrogen) atoms. The lowest BCUT2D eigenvalue weighted by molar-refractivity contribution is 0.102. The number of carbonyl (C=O) groups is 1. The van der Waals surface area contributed by atoms with Crippen molar-refractivity contribution in [2.75, 3.05) is 31.2 Å². The van der Waals surface area contributed by atoms with Crippen LogP contribution in [0.15, 0.2) is 36.0 Å². The Kier molecular flexibility index (Phi) is 3.94. The van der Waals surface area contributed by atoms with E-state index in [2.05, 4.69) is 34.3 Å². The lowest BCUT2D eigenvalue weighted by Gasteiger charge is -2.28. The van der Waals surface area contributed by atoms with Gasteiger partial charge in [0.1, 0.15) is 0 Å². The summed E-state index contributed by atoms with van der Waals surface area (Å²) in [6.45, 7) is 3.44. The maximum Gasteiger partial charge on any atom is 0.192 e. The molecule has 0 spiro atoms. The average Bonchev–Trinajstić information content (AvgIpc) is 3.01. The van der Waals surface area contributed by atoms with Crippen LogP contribution in [-0.2, 0) is 18.2 Å². The molecular weight excluding hydrogens is 302 g/mol. The van der Waals surface area contributed by atoms with Gasteiger partial charge >= 0.3 is 0 Å². The Balaban J connectivity index is 1.54. The molecule has 0 N–H and O–H groups in total. The third kappa shape index (κ3) is 2.76. The first-order chi connectivity index (χ1) is 11.7. The zero-order valence-corrected chi connectivity index (χ0v) is 13.9. The highest BCUT2D eigenvalue weighted by Gasteiger charge is 2.24. The number of morpholine rings is 1. The number of ether oxygens (including phenoxy) is 1. The first-order valence-electron chi connectivity index (χ1n) is 8.41. The van der Waals surface area contributed by atoms with Crippen LogP contribution >= 0.6 is 0 Å². The molecule has 124 valence electrons. The third-order valence-electron chi connectivity index (χ3n) is 4.84. The monoisotopic (exact) mass is 323 g/mol.